The Morgan fingerprint density at radius 1 is 1.15 bits per heavy atom. The van der Waals surface area contributed by atoms with Gasteiger partial charge in [-0.15, -0.1) is 5.10 Å². The fourth-order valence-electron chi connectivity index (χ4n) is 3.00. The molecule has 0 aliphatic carbocycles. The van der Waals surface area contributed by atoms with Crippen molar-refractivity contribution in [2.75, 3.05) is 0 Å². The SMILES string of the molecule is Cn1c(=O)c2ccc(/C(N)=N/NN)cc2n2nc(-c3ccccc3)cc12. The predicted octanol–water partition coefficient (Wildman–Crippen LogP) is 0.937. The highest BCUT2D eigenvalue weighted by Crippen LogP contribution is 2.22. The largest absolute Gasteiger partial charge is 0.382 e. The maximum Gasteiger partial charge on any atom is 0.261 e. The molecule has 8 heteroatoms. The molecule has 0 saturated heterocycles. The normalized spacial score (nSPS) is 12.0. The lowest BCUT2D eigenvalue weighted by molar-refractivity contribution is 0.804. The number of hydrazine groups is 1. The molecular formula is C18H17N7O. The van der Waals surface area contributed by atoms with E-state index in [1.165, 1.54) is 0 Å². The number of nitrogens with one attached hydrogen (secondary N) is 1. The van der Waals surface area contributed by atoms with Crippen molar-refractivity contribution in [3.05, 3.63) is 70.5 Å². The molecule has 0 fully saturated rings. The Morgan fingerprint density at radius 3 is 2.65 bits per heavy atom. The average molecular weight is 347 g/mol. The van der Waals surface area contributed by atoms with Crippen LogP contribution in [0.15, 0.2) is 64.5 Å². The van der Waals surface area contributed by atoms with Gasteiger partial charge in [-0.2, -0.15) is 5.10 Å². The minimum absolute atomic E-state index is 0.106. The van der Waals surface area contributed by atoms with Crippen LogP contribution in [-0.2, 0) is 7.05 Å². The maximum atomic E-state index is 12.7. The number of hydrogen-bond donors (Lipinski definition) is 3. The average Bonchev–Trinajstić information content (AvgIpc) is 3.12. The summed E-state index contributed by atoms with van der Waals surface area (Å²) < 4.78 is 3.33. The summed E-state index contributed by atoms with van der Waals surface area (Å²) in [5.41, 5.74) is 11.7. The van der Waals surface area contributed by atoms with Crippen LogP contribution < -0.4 is 22.7 Å². The molecule has 4 rings (SSSR count). The molecule has 0 amide bonds. The van der Waals surface area contributed by atoms with Crippen LogP contribution in [0.1, 0.15) is 5.56 Å². The number of hydrogen-bond acceptors (Lipinski definition) is 5. The highest BCUT2D eigenvalue weighted by Gasteiger charge is 2.14. The number of nitrogens with two attached hydrogens (primary N) is 2. The summed E-state index contributed by atoms with van der Waals surface area (Å²) in [6, 6.07) is 16.9. The minimum Gasteiger partial charge on any atom is -0.382 e. The third kappa shape index (κ3) is 2.40. The van der Waals surface area contributed by atoms with Crippen molar-refractivity contribution in [1.29, 1.82) is 0 Å². The molecule has 2 aromatic heterocycles. The molecule has 0 spiro atoms. The molecular weight excluding hydrogens is 330 g/mol. The fourth-order valence-corrected chi connectivity index (χ4v) is 3.00. The number of amidine groups is 1. The molecule has 0 aliphatic rings. The molecule has 5 N–H and O–H groups in total. The maximum absolute atomic E-state index is 12.7. The van der Waals surface area contributed by atoms with Crippen LogP contribution in [-0.4, -0.2) is 20.0 Å². The number of hydrazone groups is 1. The number of aryl methyl sites for hydroxylation is 1. The number of nitrogens with zero attached hydrogens (tertiary/aromatic N) is 4. The molecule has 0 unspecified atom stereocenters. The van der Waals surface area contributed by atoms with Gasteiger partial charge in [-0.1, -0.05) is 36.4 Å². The first-order chi connectivity index (χ1) is 12.6. The quantitative estimate of drug-likeness (QED) is 0.221. The fraction of sp³-hybridized carbons (Fsp3) is 0.0556. The molecule has 0 radical (unpaired) electrons. The smallest absolute Gasteiger partial charge is 0.261 e. The van der Waals surface area contributed by atoms with E-state index in [-0.39, 0.29) is 11.4 Å². The van der Waals surface area contributed by atoms with Crippen LogP contribution in [0.25, 0.3) is 27.8 Å². The van der Waals surface area contributed by atoms with Gasteiger partial charge < -0.3 is 5.73 Å². The van der Waals surface area contributed by atoms with Crippen molar-refractivity contribution in [1.82, 2.24) is 19.7 Å². The van der Waals surface area contributed by atoms with E-state index < -0.39 is 0 Å². The van der Waals surface area contributed by atoms with E-state index in [0.29, 0.717) is 22.1 Å². The Labute approximate surface area is 148 Å². The van der Waals surface area contributed by atoms with E-state index in [2.05, 4.69) is 10.6 Å². The van der Waals surface area contributed by atoms with Crippen molar-refractivity contribution < 1.29 is 0 Å². The molecule has 2 aromatic carbocycles. The van der Waals surface area contributed by atoms with E-state index in [1.807, 2.05) is 36.4 Å². The Hall–Kier alpha value is -3.65. The number of aromatic nitrogens is 3. The summed E-state index contributed by atoms with van der Waals surface area (Å²) >= 11 is 0. The monoisotopic (exact) mass is 347 g/mol. The molecule has 0 saturated carbocycles. The van der Waals surface area contributed by atoms with Crippen LogP contribution in [0.3, 0.4) is 0 Å². The molecule has 130 valence electrons. The molecule has 0 atom stereocenters. The van der Waals surface area contributed by atoms with E-state index >= 15 is 0 Å². The summed E-state index contributed by atoms with van der Waals surface area (Å²) in [6.45, 7) is 0. The first-order valence-electron chi connectivity index (χ1n) is 7.97. The van der Waals surface area contributed by atoms with Crippen LogP contribution in [0.2, 0.25) is 0 Å². The summed E-state index contributed by atoms with van der Waals surface area (Å²) in [4.78, 5) is 12.7. The van der Waals surface area contributed by atoms with Gasteiger partial charge in [0.15, 0.2) is 5.84 Å². The highest BCUT2D eigenvalue weighted by molar-refractivity contribution is 6.00. The van der Waals surface area contributed by atoms with Gasteiger partial charge in [0.2, 0.25) is 0 Å². The summed E-state index contributed by atoms with van der Waals surface area (Å²) in [6.07, 6.45) is 0. The molecule has 0 aliphatic heterocycles. The van der Waals surface area contributed by atoms with E-state index in [4.69, 9.17) is 16.7 Å². The number of rotatable bonds is 3. The molecule has 2 heterocycles. The topological polar surface area (TPSA) is 116 Å². The van der Waals surface area contributed by atoms with Crippen molar-refractivity contribution in [3.8, 4) is 11.3 Å². The first-order valence-corrected chi connectivity index (χ1v) is 7.97. The zero-order chi connectivity index (χ0) is 18.3. The zero-order valence-electron chi connectivity index (χ0n) is 14.0. The second-order valence-corrected chi connectivity index (χ2v) is 5.89. The van der Waals surface area contributed by atoms with Crippen LogP contribution >= 0.6 is 0 Å². The Balaban J connectivity index is 2.06. The van der Waals surface area contributed by atoms with Gasteiger partial charge in [-0.3, -0.25) is 9.36 Å². The second kappa shape index (κ2) is 6.01. The van der Waals surface area contributed by atoms with Crippen molar-refractivity contribution in [3.63, 3.8) is 0 Å². The molecule has 0 bridgehead atoms. The Morgan fingerprint density at radius 2 is 1.92 bits per heavy atom. The zero-order valence-corrected chi connectivity index (χ0v) is 14.0. The standard InChI is InChI=1S/C18H17N7O/c1-24-16-10-14(11-5-3-2-4-6-11)22-25(16)15-9-12(17(19)21-23-20)7-8-13(15)18(24)26/h2-10,23H,20H2,1H3,(H2,19,21). The first kappa shape index (κ1) is 15.9. The number of benzene rings is 2. The van der Waals surface area contributed by atoms with Gasteiger partial charge >= 0.3 is 0 Å². The molecule has 26 heavy (non-hydrogen) atoms. The minimum atomic E-state index is -0.106. The summed E-state index contributed by atoms with van der Waals surface area (Å²) in [5.74, 6) is 5.41. The van der Waals surface area contributed by atoms with Gasteiger partial charge in [0.25, 0.3) is 5.56 Å². The van der Waals surface area contributed by atoms with Gasteiger partial charge in [-0.05, 0) is 12.1 Å². The van der Waals surface area contributed by atoms with Crippen molar-refractivity contribution in [2.24, 2.45) is 23.7 Å². The second-order valence-electron chi connectivity index (χ2n) is 5.89. The lowest BCUT2D eigenvalue weighted by Gasteiger charge is -2.08. The van der Waals surface area contributed by atoms with E-state index in [1.54, 1.807) is 34.3 Å². The summed E-state index contributed by atoms with van der Waals surface area (Å²) in [7, 11) is 1.73. The lowest BCUT2D eigenvalue weighted by Crippen LogP contribution is -2.24. The van der Waals surface area contributed by atoms with Crippen molar-refractivity contribution in [2.45, 2.75) is 0 Å². The van der Waals surface area contributed by atoms with Gasteiger partial charge in [0.05, 0.1) is 16.6 Å². The van der Waals surface area contributed by atoms with Crippen LogP contribution in [0, 0.1) is 0 Å². The summed E-state index contributed by atoms with van der Waals surface area (Å²) in [5, 5.41) is 9.02. The van der Waals surface area contributed by atoms with Gasteiger partial charge in [0.1, 0.15) is 5.65 Å². The Kier molecular flexibility index (Phi) is 3.67. The highest BCUT2D eigenvalue weighted by atomic mass is 16.1. The van der Waals surface area contributed by atoms with E-state index in [0.717, 1.165) is 11.3 Å². The molecule has 4 aromatic rings. The third-order valence-corrected chi connectivity index (χ3v) is 4.35. The van der Waals surface area contributed by atoms with Gasteiger partial charge in [0, 0.05) is 24.2 Å². The number of fused-ring (bicyclic) bond motifs is 3. The molecule has 8 nitrogen and oxygen atoms in total. The third-order valence-electron chi connectivity index (χ3n) is 4.35. The van der Waals surface area contributed by atoms with Crippen molar-refractivity contribution >= 4 is 22.4 Å². The van der Waals surface area contributed by atoms with Crippen LogP contribution in [0.4, 0.5) is 0 Å². The Bertz CT molecular complexity index is 1210. The van der Waals surface area contributed by atoms with Crippen LogP contribution in [0.5, 0.6) is 0 Å². The predicted molar refractivity (Wildman–Crippen MR) is 101 cm³/mol. The van der Waals surface area contributed by atoms with E-state index in [9.17, 15) is 4.79 Å². The lowest BCUT2D eigenvalue weighted by atomic mass is 10.1. The van der Waals surface area contributed by atoms with Gasteiger partial charge in [-0.25, -0.2) is 15.9 Å².